The summed E-state index contributed by atoms with van der Waals surface area (Å²) in [5, 5.41) is 9.06. The van der Waals surface area contributed by atoms with Crippen molar-refractivity contribution in [2.75, 3.05) is 13.2 Å². The Labute approximate surface area is 107 Å². The van der Waals surface area contributed by atoms with Gasteiger partial charge in [0.05, 0.1) is 12.9 Å². The van der Waals surface area contributed by atoms with E-state index in [1.54, 1.807) is 29.4 Å². The van der Waals surface area contributed by atoms with Crippen LogP contribution in [0.4, 0.5) is 0 Å². The molecule has 0 aliphatic heterocycles. The van der Waals surface area contributed by atoms with Crippen molar-refractivity contribution in [1.82, 2.24) is 4.90 Å². The molecule has 0 radical (unpaired) electrons. The maximum atomic E-state index is 12.1. The Bertz CT molecular complexity index is 391. The number of hydrogen-bond acceptors (Lipinski definition) is 3. The molecule has 2 rings (SSSR count). The molecule has 1 N–H and O–H groups in total. The van der Waals surface area contributed by atoms with Crippen molar-refractivity contribution in [3.8, 4) is 0 Å². The first-order valence-electron chi connectivity index (χ1n) is 6.44. The Morgan fingerprint density at radius 1 is 1.50 bits per heavy atom. The van der Waals surface area contributed by atoms with Crippen LogP contribution in [0.25, 0.3) is 6.08 Å². The number of aliphatic hydroxyl groups excluding tert-OH is 1. The van der Waals surface area contributed by atoms with Crippen molar-refractivity contribution in [2.24, 2.45) is 0 Å². The van der Waals surface area contributed by atoms with E-state index in [4.69, 9.17) is 9.52 Å². The minimum Gasteiger partial charge on any atom is -0.465 e. The third-order valence-corrected chi connectivity index (χ3v) is 3.32. The van der Waals surface area contributed by atoms with Crippen LogP contribution in [0.3, 0.4) is 0 Å². The predicted molar refractivity (Wildman–Crippen MR) is 68.8 cm³/mol. The Kier molecular flexibility index (Phi) is 4.59. The van der Waals surface area contributed by atoms with Gasteiger partial charge in [-0.05, 0) is 31.1 Å². The molecule has 1 aliphatic rings. The van der Waals surface area contributed by atoms with E-state index in [1.165, 1.54) is 18.9 Å². The summed E-state index contributed by atoms with van der Waals surface area (Å²) in [6, 6.07) is 3.87. The zero-order valence-electron chi connectivity index (χ0n) is 10.4. The van der Waals surface area contributed by atoms with Crippen LogP contribution in [0.1, 0.15) is 31.4 Å². The van der Waals surface area contributed by atoms with Gasteiger partial charge in [-0.3, -0.25) is 4.79 Å². The molecule has 1 heterocycles. The summed E-state index contributed by atoms with van der Waals surface area (Å²) >= 11 is 0. The fourth-order valence-electron chi connectivity index (χ4n) is 2.43. The van der Waals surface area contributed by atoms with E-state index in [1.807, 2.05) is 0 Å². The molecule has 1 aliphatic carbocycles. The topological polar surface area (TPSA) is 53.7 Å². The average molecular weight is 249 g/mol. The minimum absolute atomic E-state index is 0.0107. The molecule has 1 aromatic rings. The van der Waals surface area contributed by atoms with Crippen LogP contribution in [-0.2, 0) is 4.79 Å². The first-order valence-corrected chi connectivity index (χ1v) is 6.44. The van der Waals surface area contributed by atoms with Gasteiger partial charge in [0.15, 0.2) is 0 Å². The number of carbonyl (C=O) groups excluding carboxylic acids is 1. The molecule has 0 aromatic carbocycles. The highest BCUT2D eigenvalue weighted by Gasteiger charge is 2.24. The van der Waals surface area contributed by atoms with Crippen LogP contribution < -0.4 is 0 Å². The molecule has 18 heavy (non-hydrogen) atoms. The Morgan fingerprint density at radius 3 is 2.89 bits per heavy atom. The Balaban J connectivity index is 1.98. The van der Waals surface area contributed by atoms with E-state index in [0.29, 0.717) is 12.3 Å². The van der Waals surface area contributed by atoms with Gasteiger partial charge in [0.2, 0.25) is 5.91 Å². The second-order valence-corrected chi connectivity index (χ2v) is 4.54. The van der Waals surface area contributed by atoms with Gasteiger partial charge in [-0.25, -0.2) is 0 Å². The Morgan fingerprint density at radius 2 is 2.28 bits per heavy atom. The van der Waals surface area contributed by atoms with Crippen LogP contribution >= 0.6 is 0 Å². The van der Waals surface area contributed by atoms with E-state index in [-0.39, 0.29) is 18.6 Å². The molecule has 1 aromatic heterocycles. The SMILES string of the molecule is O=C(/C=C/c1ccco1)N(CCO)C1CCCC1. The van der Waals surface area contributed by atoms with Gasteiger partial charge in [0.1, 0.15) is 5.76 Å². The summed E-state index contributed by atoms with van der Waals surface area (Å²) in [6.45, 7) is 0.419. The van der Waals surface area contributed by atoms with Gasteiger partial charge in [0, 0.05) is 18.7 Å². The molecule has 4 nitrogen and oxygen atoms in total. The average Bonchev–Trinajstić information content (AvgIpc) is 3.05. The van der Waals surface area contributed by atoms with Crippen LogP contribution in [0.2, 0.25) is 0 Å². The third-order valence-electron chi connectivity index (χ3n) is 3.32. The summed E-state index contributed by atoms with van der Waals surface area (Å²) in [4.78, 5) is 13.9. The molecular weight excluding hydrogens is 230 g/mol. The number of aliphatic hydroxyl groups is 1. The first kappa shape index (κ1) is 12.9. The van der Waals surface area contributed by atoms with Crippen LogP contribution in [0, 0.1) is 0 Å². The van der Waals surface area contributed by atoms with Crippen molar-refractivity contribution in [3.63, 3.8) is 0 Å². The number of hydrogen-bond donors (Lipinski definition) is 1. The summed E-state index contributed by atoms with van der Waals surface area (Å²) in [5.74, 6) is 0.617. The monoisotopic (exact) mass is 249 g/mol. The molecule has 1 fully saturated rings. The van der Waals surface area contributed by atoms with Gasteiger partial charge in [0.25, 0.3) is 0 Å². The van der Waals surface area contributed by atoms with Gasteiger partial charge in [-0.1, -0.05) is 12.8 Å². The van der Waals surface area contributed by atoms with Crippen molar-refractivity contribution in [1.29, 1.82) is 0 Å². The number of nitrogens with zero attached hydrogens (tertiary/aromatic N) is 1. The van der Waals surface area contributed by atoms with Crippen molar-refractivity contribution >= 4 is 12.0 Å². The molecule has 0 atom stereocenters. The molecule has 1 saturated carbocycles. The van der Waals surface area contributed by atoms with Crippen molar-refractivity contribution in [2.45, 2.75) is 31.7 Å². The highest BCUT2D eigenvalue weighted by Crippen LogP contribution is 2.23. The van der Waals surface area contributed by atoms with E-state index in [2.05, 4.69) is 0 Å². The van der Waals surface area contributed by atoms with E-state index in [9.17, 15) is 4.79 Å². The minimum atomic E-state index is -0.0487. The highest BCUT2D eigenvalue weighted by atomic mass is 16.3. The maximum Gasteiger partial charge on any atom is 0.247 e. The molecule has 0 spiro atoms. The first-order chi connectivity index (χ1) is 8.81. The zero-order chi connectivity index (χ0) is 12.8. The lowest BCUT2D eigenvalue weighted by Crippen LogP contribution is -2.39. The number of carbonyl (C=O) groups is 1. The normalized spacial score (nSPS) is 16.5. The standard InChI is InChI=1S/C14H19NO3/c16-10-9-15(12-4-1-2-5-12)14(17)8-7-13-6-3-11-18-13/h3,6-8,11-12,16H,1-2,4-5,9-10H2/b8-7+. The van der Waals surface area contributed by atoms with Gasteiger partial charge < -0.3 is 14.4 Å². The quantitative estimate of drug-likeness (QED) is 0.813. The number of rotatable bonds is 5. The summed E-state index contributed by atoms with van der Waals surface area (Å²) in [5.41, 5.74) is 0. The lowest BCUT2D eigenvalue weighted by molar-refractivity contribution is -0.128. The molecule has 4 heteroatoms. The second-order valence-electron chi connectivity index (χ2n) is 4.54. The fourth-order valence-corrected chi connectivity index (χ4v) is 2.43. The maximum absolute atomic E-state index is 12.1. The predicted octanol–water partition coefficient (Wildman–Crippen LogP) is 2.06. The van der Waals surface area contributed by atoms with Gasteiger partial charge in [-0.15, -0.1) is 0 Å². The third kappa shape index (κ3) is 3.23. The largest absolute Gasteiger partial charge is 0.465 e. The smallest absolute Gasteiger partial charge is 0.247 e. The molecule has 0 unspecified atom stereocenters. The van der Waals surface area contributed by atoms with Crippen LogP contribution in [0.5, 0.6) is 0 Å². The summed E-state index contributed by atoms with van der Waals surface area (Å²) in [6.07, 6.45) is 9.19. The second kappa shape index (κ2) is 6.40. The fraction of sp³-hybridized carbons (Fsp3) is 0.500. The van der Waals surface area contributed by atoms with Crippen molar-refractivity contribution in [3.05, 3.63) is 30.2 Å². The van der Waals surface area contributed by atoms with E-state index < -0.39 is 0 Å². The molecule has 0 bridgehead atoms. The lowest BCUT2D eigenvalue weighted by Gasteiger charge is -2.27. The number of amides is 1. The summed E-state index contributed by atoms with van der Waals surface area (Å²) in [7, 11) is 0. The zero-order valence-corrected chi connectivity index (χ0v) is 10.4. The van der Waals surface area contributed by atoms with Crippen LogP contribution in [-0.4, -0.2) is 35.1 Å². The number of furan rings is 1. The lowest BCUT2D eigenvalue weighted by atomic mass is 10.2. The Hall–Kier alpha value is -1.55. The molecular formula is C14H19NO3. The van der Waals surface area contributed by atoms with Crippen molar-refractivity contribution < 1.29 is 14.3 Å². The molecule has 1 amide bonds. The molecule has 98 valence electrons. The molecule has 0 saturated heterocycles. The van der Waals surface area contributed by atoms with E-state index >= 15 is 0 Å². The van der Waals surface area contributed by atoms with E-state index in [0.717, 1.165) is 12.8 Å². The van der Waals surface area contributed by atoms with Crippen LogP contribution in [0.15, 0.2) is 28.9 Å². The summed E-state index contributed by atoms with van der Waals surface area (Å²) < 4.78 is 5.14. The highest BCUT2D eigenvalue weighted by molar-refractivity contribution is 5.91. The van der Waals surface area contributed by atoms with Gasteiger partial charge >= 0.3 is 0 Å². The van der Waals surface area contributed by atoms with Gasteiger partial charge in [-0.2, -0.15) is 0 Å².